The van der Waals surface area contributed by atoms with Crippen molar-refractivity contribution in [1.29, 1.82) is 0 Å². The molecule has 5 heteroatoms. The zero-order chi connectivity index (χ0) is 13.7. The van der Waals surface area contributed by atoms with Gasteiger partial charge in [-0.15, -0.1) is 0 Å². The maximum absolute atomic E-state index is 13.0. The van der Waals surface area contributed by atoms with Crippen LogP contribution >= 0.6 is 0 Å². The summed E-state index contributed by atoms with van der Waals surface area (Å²) in [4.78, 5) is 13.7. The first-order chi connectivity index (χ1) is 8.45. The molecule has 0 aliphatic rings. The van der Waals surface area contributed by atoms with Crippen molar-refractivity contribution in [3.8, 4) is 0 Å². The van der Waals surface area contributed by atoms with Crippen LogP contribution in [-0.2, 0) is 4.74 Å². The lowest BCUT2D eigenvalue weighted by atomic mass is 10.1. The molecule has 1 aromatic carbocycles. The van der Waals surface area contributed by atoms with E-state index < -0.39 is 11.6 Å². The molecule has 0 aliphatic carbocycles. The molecule has 3 nitrogen and oxygen atoms in total. The number of ether oxygens (including phenoxy) is 1. The number of halogens is 2. The minimum atomic E-state index is -1.01. The Bertz CT molecular complexity index is 423. The van der Waals surface area contributed by atoms with Gasteiger partial charge in [0.15, 0.2) is 17.4 Å². The molecule has 0 amide bonds. The number of Topliss-reactive ketones (excluding diaryl/α,β-unsaturated/α-hetero) is 1. The highest BCUT2D eigenvalue weighted by Crippen LogP contribution is 2.10. The molecule has 0 bridgehead atoms. The normalized spacial score (nSPS) is 12.8. The Morgan fingerprint density at radius 2 is 2.06 bits per heavy atom. The van der Waals surface area contributed by atoms with Gasteiger partial charge in [-0.2, -0.15) is 0 Å². The second-order valence-electron chi connectivity index (χ2n) is 4.27. The number of methoxy groups -OCH3 is 1. The Balaban J connectivity index is 2.67. The average molecular weight is 257 g/mol. The molecule has 0 saturated carbocycles. The summed E-state index contributed by atoms with van der Waals surface area (Å²) in [6.07, 6.45) is 0. The summed E-state index contributed by atoms with van der Waals surface area (Å²) in [5, 5.41) is 0. The Hall–Kier alpha value is -1.33. The van der Waals surface area contributed by atoms with E-state index in [1.165, 1.54) is 6.07 Å². The van der Waals surface area contributed by atoms with Crippen molar-refractivity contribution in [2.24, 2.45) is 0 Å². The maximum atomic E-state index is 13.0. The Morgan fingerprint density at radius 3 is 2.61 bits per heavy atom. The van der Waals surface area contributed by atoms with E-state index in [9.17, 15) is 13.6 Å². The second kappa shape index (κ2) is 6.56. The van der Waals surface area contributed by atoms with Gasteiger partial charge in [0.25, 0.3) is 0 Å². The number of likely N-dealkylation sites (N-methyl/N-ethyl adjacent to an activating group) is 1. The molecular weight excluding hydrogens is 240 g/mol. The van der Waals surface area contributed by atoms with Crippen LogP contribution in [0.25, 0.3) is 0 Å². The van der Waals surface area contributed by atoms with Crippen LogP contribution in [0.4, 0.5) is 8.78 Å². The lowest BCUT2D eigenvalue weighted by molar-refractivity contribution is 0.0841. The average Bonchev–Trinajstić information content (AvgIpc) is 2.32. The van der Waals surface area contributed by atoms with Crippen LogP contribution in [0.2, 0.25) is 0 Å². The molecule has 0 saturated heterocycles. The van der Waals surface area contributed by atoms with Gasteiger partial charge in [-0.05, 0) is 32.2 Å². The van der Waals surface area contributed by atoms with Gasteiger partial charge in [0.1, 0.15) is 0 Å². The highest BCUT2D eigenvalue weighted by molar-refractivity contribution is 5.97. The van der Waals surface area contributed by atoms with E-state index in [4.69, 9.17) is 4.74 Å². The van der Waals surface area contributed by atoms with Crippen molar-refractivity contribution in [2.75, 3.05) is 27.3 Å². The summed E-state index contributed by atoms with van der Waals surface area (Å²) in [7, 11) is 3.36. The summed E-state index contributed by atoms with van der Waals surface area (Å²) in [5.74, 6) is -2.21. The molecular formula is C13H17F2NO2. The molecule has 1 rings (SSSR count). The van der Waals surface area contributed by atoms with Gasteiger partial charge >= 0.3 is 0 Å². The molecule has 0 aliphatic heterocycles. The number of benzene rings is 1. The molecule has 1 unspecified atom stereocenters. The van der Waals surface area contributed by atoms with E-state index >= 15 is 0 Å². The quantitative estimate of drug-likeness (QED) is 0.731. The smallest absolute Gasteiger partial charge is 0.176 e. The van der Waals surface area contributed by atoms with Crippen molar-refractivity contribution in [3.63, 3.8) is 0 Å². The number of carbonyl (C=O) groups excluding carboxylic acids is 1. The zero-order valence-electron chi connectivity index (χ0n) is 10.7. The highest BCUT2D eigenvalue weighted by Gasteiger charge is 2.15. The predicted octanol–water partition coefficient (Wildman–Crippen LogP) is 2.11. The highest BCUT2D eigenvalue weighted by atomic mass is 19.2. The minimum Gasteiger partial charge on any atom is -0.383 e. The number of nitrogens with zero attached hydrogens (tertiary/aromatic N) is 1. The molecule has 100 valence electrons. The third-order valence-electron chi connectivity index (χ3n) is 2.79. The van der Waals surface area contributed by atoms with Gasteiger partial charge in [-0.1, -0.05) is 0 Å². The van der Waals surface area contributed by atoms with Crippen LogP contribution < -0.4 is 0 Å². The topological polar surface area (TPSA) is 29.5 Å². The summed E-state index contributed by atoms with van der Waals surface area (Å²) < 4.78 is 30.7. The van der Waals surface area contributed by atoms with Crippen molar-refractivity contribution in [3.05, 3.63) is 35.4 Å². The van der Waals surface area contributed by atoms with Gasteiger partial charge in [0, 0.05) is 18.7 Å². The van der Waals surface area contributed by atoms with Gasteiger partial charge in [0.05, 0.1) is 13.2 Å². The molecule has 0 fully saturated rings. The first-order valence-corrected chi connectivity index (χ1v) is 5.63. The first kappa shape index (κ1) is 14.7. The minimum absolute atomic E-state index is 0.0734. The zero-order valence-corrected chi connectivity index (χ0v) is 10.7. The van der Waals surface area contributed by atoms with Gasteiger partial charge in [-0.3, -0.25) is 9.69 Å². The van der Waals surface area contributed by atoms with E-state index in [1.807, 2.05) is 6.92 Å². The van der Waals surface area contributed by atoms with E-state index in [0.717, 1.165) is 12.1 Å². The van der Waals surface area contributed by atoms with Gasteiger partial charge in [0.2, 0.25) is 0 Å². The van der Waals surface area contributed by atoms with Gasteiger partial charge in [-0.25, -0.2) is 8.78 Å². The fourth-order valence-corrected chi connectivity index (χ4v) is 1.51. The Morgan fingerprint density at radius 1 is 1.39 bits per heavy atom. The largest absolute Gasteiger partial charge is 0.383 e. The van der Waals surface area contributed by atoms with Crippen LogP contribution in [0.5, 0.6) is 0 Å². The monoisotopic (exact) mass is 257 g/mol. The maximum Gasteiger partial charge on any atom is 0.176 e. The Kier molecular flexibility index (Phi) is 5.37. The van der Waals surface area contributed by atoms with E-state index in [0.29, 0.717) is 6.61 Å². The summed E-state index contributed by atoms with van der Waals surface area (Å²) in [6.45, 7) is 2.55. The van der Waals surface area contributed by atoms with Crippen molar-refractivity contribution < 1.29 is 18.3 Å². The second-order valence-corrected chi connectivity index (χ2v) is 4.27. The Labute approximate surface area is 105 Å². The number of carbonyl (C=O) groups is 1. The lowest BCUT2D eigenvalue weighted by Crippen LogP contribution is -2.36. The van der Waals surface area contributed by atoms with E-state index in [2.05, 4.69) is 0 Å². The molecule has 0 radical (unpaired) electrons. The molecule has 18 heavy (non-hydrogen) atoms. The van der Waals surface area contributed by atoms with Crippen molar-refractivity contribution in [2.45, 2.75) is 13.0 Å². The van der Waals surface area contributed by atoms with Gasteiger partial charge < -0.3 is 4.74 Å². The van der Waals surface area contributed by atoms with Crippen LogP contribution in [0.15, 0.2) is 18.2 Å². The molecule has 0 N–H and O–H groups in total. The van der Waals surface area contributed by atoms with Crippen LogP contribution in [0.1, 0.15) is 17.3 Å². The fraction of sp³-hybridized carbons (Fsp3) is 0.462. The molecule has 1 aromatic rings. The van der Waals surface area contributed by atoms with E-state index in [1.54, 1.807) is 19.1 Å². The summed E-state index contributed by atoms with van der Waals surface area (Å²) in [6, 6.07) is 3.24. The summed E-state index contributed by atoms with van der Waals surface area (Å²) >= 11 is 0. The van der Waals surface area contributed by atoms with Crippen LogP contribution in [0.3, 0.4) is 0 Å². The lowest BCUT2D eigenvalue weighted by Gasteiger charge is -2.23. The first-order valence-electron chi connectivity index (χ1n) is 5.63. The fourth-order valence-electron chi connectivity index (χ4n) is 1.51. The molecule has 0 spiro atoms. The number of rotatable bonds is 6. The van der Waals surface area contributed by atoms with Crippen molar-refractivity contribution in [1.82, 2.24) is 4.90 Å². The van der Waals surface area contributed by atoms with Crippen LogP contribution in [0, 0.1) is 11.6 Å². The molecule has 0 heterocycles. The van der Waals surface area contributed by atoms with Crippen molar-refractivity contribution >= 4 is 5.78 Å². The third kappa shape index (κ3) is 3.85. The molecule has 1 atom stereocenters. The standard InChI is InChI=1S/C13H17F2NO2/c1-9(8-18-3)16(2)7-13(17)10-4-5-11(14)12(15)6-10/h4-6,9H,7-8H2,1-3H3. The SMILES string of the molecule is COCC(C)N(C)CC(=O)c1ccc(F)c(F)c1. The number of hydrogen-bond acceptors (Lipinski definition) is 3. The predicted molar refractivity (Wildman–Crippen MR) is 64.7 cm³/mol. The van der Waals surface area contributed by atoms with E-state index in [-0.39, 0.29) is 23.9 Å². The summed E-state index contributed by atoms with van der Waals surface area (Å²) in [5.41, 5.74) is 0.172. The third-order valence-corrected chi connectivity index (χ3v) is 2.79. The van der Waals surface area contributed by atoms with Crippen LogP contribution in [-0.4, -0.2) is 44.0 Å². The molecule has 0 aromatic heterocycles. The number of ketones is 1. The number of hydrogen-bond donors (Lipinski definition) is 0.